The Hall–Kier alpha value is -1.27. The molecule has 0 heterocycles. The van der Waals surface area contributed by atoms with Gasteiger partial charge in [0.05, 0.1) is 0 Å². The first-order chi connectivity index (χ1) is 8.40. The molecule has 108 valence electrons. The fourth-order valence-corrected chi connectivity index (χ4v) is 1.40. The van der Waals surface area contributed by atoms with Gasteiger partial charge in [0.1, 0.15) is 0 Å². The highest BCUT2D eigenvalue weighted by Gasteiger charge is 2.26. The van der Waals surface area contributed by atoms with Crippen LogP contribution >= 0.6 is 12.4 Å². The second kappa shape index (κ2) is 8.01. The SMILES string of the molecule is Cl.NCCC(=O)Nc1ccc(CCC(F)(F)F)cc1. The van der Waals surface area contributed by atoms with Crippen molar-refractivity contribution in [3.63, 3.8) is 0 Å². The van der Waals surface area contributed by atoms with E-state index < -0.39 is 12.6 Å². The minimum absolute atomic E-state index is 0. The lowest BCUT2D eigenvalue weighted by Gasteiger charge is -2.07. The number of benzene rings is 1. The van der Waals surface area contributed by atoms with E-state index in [1.807, 2.05) is 0 Å². The molecule has 0 saturated carbocycles. The Bertz CT molecular complexity index is 393. The van der Waals surface area contributed by atoms with Gasteiger partial charge in [0.25, 0.3) is 0 Å². The number of nitrogens with two attached hydrogens (primary N) is 1. The third-order valence-corrected chi connectivity index (χ3v) is 2.31. The summed E-state index contributed by atoms with van der Waals surface area (Å²) in [4.78, 5) is 11.2. The van der Waals surface area contributed by atoms with E-state index in [2.05, 4.69) is 5.32 Å². The van der Waals surface area contributed by atoms with Gasteiger partial charge in [-0.2, -0.15) is 13.2 Å². The molecule has 0 unspecified atom stereocenters. The second-order valence-electron chi connectivity index (χ2n) is 3.90. The van der Waals surface area contributed by atoms with Crippen LogP contribution in [0.15, 0.2) is 24.3 Å². The Morgan fingerprint density at radius 3 is 2.26 bits per heavy atom. The van der Waals surface area contributed by atoms with Gasteiger partial charge in [0, 0.05) is 25.1 Å². The van der Waals surface area contributed by atoms with Crippen LogP contribution in [0, 0.1) is 0 Å². The Labute approximate surface area is 115 Å². The number of rotatable bonds is 5. The molecule has 1 rings (SSSR count). The third-order valence-electron chi connectivity index (χ3n) is 2.31. The lowest BCUT2D eigenvalue weighted by Crippen LogP contribution is -2.16. The maximum absolute atomic E-state index is 12.0. The number of hydrogen-bond donors (Lipinski definition) is 2. The molecule has 3 N–H and O–H groups in total. The van der Waals surface area contributed by atoms with E-state index in [0.29, 0.717) is 11.3 Å². The molecule has 7 heteroatoms. The van der Waals surface area contributed by atoms with Crippen LogP contribution < -0.4 is 11.1 Å². The quantitative estimate of drug-likeness (QED) is 0.878. The van der Waals surface area contributed by atoms with Crippen molar-refractivity contribution in [3.05, 3.63) is 29.8 Å². The van der Waals surface area contributed by atoms with Gasteiger partial charge in [0.15, 0.2) is 0 Å². The molecule has 3 nitrogen and oxygen atoms in total. The van der Waals surface area contributed by atoms with Crippen LogP contribution in [-0.4, -0.2) is 18.6 Å². The van der Waals surface area contributed by atoms with Gasteiger partial charge in [-0.3, -0.25) is 4.79 Å². The molecule has 0 radical (unpaired) electrons. The number of anilines is 1. The lowest BCUT2D eigenvalue weighted by molar-refractivity contribution is -0.134. The first-order valence-corrected chi connectivity index (χ1v) is 5.56. The highest BCUT2D eigenvalue weighted by atomic mass is 35.5. The molecule has 0 aliphatic heterocycles. The third kappa shape index (κ3) is 7.69. The van der Waals surface area contributed by atoms with Crippen LogP contribution in [0.2, 0.25) is 0 Å². The van der Waals surface area contributed by atoms with Crippen LogP contribution in [-0.2, 0) is 11.2 Å². The van der Waals surface area contributed by atoms with Gasteiger partial charge in [-0.05, 0) is 24.1 Å². The molecule has 0 aliphatic rings. The van der Waals surface area contributed by atoms with Crippen LogP contribution in [0.3, 0.4) is 0 Å². The Morgan fingerprint density at radius 2 is 1.79 bits per heavy atom. The van der Waals surface area contributed by atoms with Crippen molar-refractivity contribution in [2.45, 2.75) is 25.4 Å². The van der Waals surface area contributed by atoms with Gasteiger partial charge in [-0.15, -0.1) is 12.4 Å². The number of carbonyl (C=O) groups excluding carboxylic acids is 1. The lowest BCUT2D eigenvalue weighted by atomic mass is 10.1. The number of carbonyl (C=O) groups is 1. The summed E-state index contributed by atoms with van der Waals surface area (Å²) in [6, 6.07) is 6.31. The summed E-state index contributed by atoms with van der Waals surface area (Å²) in [5, 5.41) is 2.60. The number of aryl methyl sites for hydroxylation is 1. The zero-order valence-electron chi connectivity index (χ0n) is 10.2. The minimum atomic E-state index is -4.14. The zero-order valence-corrected chi connectivity index (χ0v) is 11.0. The van der Waals surface area contributed by atoms with Gasteiger partial charge in [0.2, 0.25) is 5.91 Å². The van der Waals surface area contributed by atoms with Crippen molar-refractivity contribution in [3.8, 4) is 0 Å². The van der Waals surface area contributed by atoms with Gasteiger partial charge >= 0.3 is 6.18 Å². The molecule has 0 spiro atoms. The summed E-state index contributed by atoms with van der Waals surface area (Å²) in [6.07, 6.45) is -4.82. The molecule has 0 fully saturated rings. The molecule has 0 bridgehead atoms. The standard InChI is InChI=1S/C12H15F3N2O.ClH/c13-12(14,15)7-5-9-1-3-10(4-2-9)17-11(18)6-8-16;/h1-4H,5-8,16H2,(H,17,18);1H. The average molecular weight is 297 g/mol. The summed E-state index contributed by atoms with van der Waals surface area (Å²) in [5.74, 6) is -0.208. The smallest absolute Gasteiger partial charge is 0.330 e. The molecule has 0 atom stereocenters. The number of amides is 1. The van der Waals surface area contributed by atoms with Gasteiger partial charge in [-0.25, -0.2) is 0 Å². The molecule has 1 aromatic rings. The normalized spacial score (nSPS) is 10.7. The van der Waals surface area contributed by atoms with Crippen molar-refractivity contribution in [1.29, 1.82) is 0 Å². The van der Waals surface area contributed by atoms with Crippen molar-refractivity contribution in [1.82, 2.24) is 0 Å². The van der Waals surface area contributed by atoms with E-state index in [9.17, 15) is 18.0 Å². The van der Waals surface area contributed by atoms with E-state index in [-0.39, 0.29) is 37.7 Å². The largest absolute Gasteiger partial charge is 0.389 e. The average Bonchev–Trinajstić information content (AvgIpc) is 2.27. The van der Waals surface area contributed by atoms with E-state index in [1.165, 1.54) is 0 Å². The molecule has 1 aromatic carbocycles. The van der Waals surface area contributed by atoms with Crippen LogP contribution in [0.5, 0.6) is 0 Å². The molecular weight excluding hydrogens is 281 g/mol. The monoisotopic (exact) mass is 296 g/mol. The first-order valence-electron chi connectivity index (χ1n) is 5.56. The van der Waals surface area contributed by atoms with Crippen LogP contribution in [0.4, 0.5) is 18.9 Å². The predicted molar refractivity (Wildman–Crippen MR) is 70.4 cm³/mol. The van der Waals surface area contributed by atoms with E-state index in [4.69, 9.17) is 5.73 Å². The molecule has 0 aliphatic carbocycles. The topological polar surface area (TPSA) is 55.1 Å². The Kier molecular flexibility index (Phi) is 7.48. The number of alkyl halides is 3. The van der Waals surface area contributed by atoms with Crippen molar-refractivity contribution < 1.29 is 18.0 Å². The van der Waals surface area contributed by atoms with E-state index in [1.54, 1.807) is 24.3 Å². The maximum atomic E-state index is 12.0. The highest BCUT2D eigenvalue weighted by molar-refractivity contribution is 5.90. The number of halogens is 4. The summed E-state index contributed by atoms with van der Waals surface area (Å²) in [5.41, 5.74) is 6.37. The minimum Gasteiger partial charge on any atom is -0.330 e. The van der Waals surface area contributed by atoms with Crippen molar-refractivity contribution >= 4 is 24.0 Å². The predicted octanol–water partition coefficient (Wildman–Crippen LogP) is 2.89. The van der Waals surface area contributed by atoms with Crippen molar-refractivity contribution in [2.75, 3.05) is 11.9 Å². The second-order valence-corrected chi connectivity index (χ2v) is 3.90. The Balaban J connectivity index is 0.00000324. The fraction of sp³-hybridized carbons (Fsp3) is 0.417. The summed E-state index contributed by atoms with van der Waals surface area (Å²) in [6.45, 7) is 0.259. The summed E-state index contributed by atoms with van der Waals surface area (Å²) >= 11 is 0. The molecule has 1 amide bonds. The van der Waals surface area contributed by atoms with Gasteiger partial charge < -0.3 is 11.1 Å². The summed E-state index contributed by atoms with van der Waals surface area (Å²) < 4.78 is 36.0. The van der Waals surface area contributed by atoms with E-state index >= 15 is 0 Å². The summed E-state index contributed by atoms with van der Waals surface area (Å²) in [7, 11) is 0. The van der Waals surface area contributed by atoms with E-state index in [0.717, 1.165) is 0 Å². The highest BCUT2D eigenvalue weighted by Crippen LogP contribution is 2.22. The molecule has 0 aromatic heterocycles. The maximum Gasteiger partial charge on any atom is 0.389 e. The van der Waals surface area contributed by atoms with Crippen LogP contribution in [0.25, 0.3) is 0 Å². The Morgan fingerprint density at radius 1 is 1.21 bits per heavy atom. The molecular formula is C12H16ClF3N2O. The number of nitrogens with one attached hydrogen (secondary N) is 1. The van der Waals surface area contributed by atoms with Crippen molar-refractivity contribution in [2.24, 2.45) is 5.73 Å². The van der Waals surface area contributed by atoms with Gasteiger partial charge in [-0.1, -0.05) is 12.1 Å². The first kappa shape index (κ1) is 17.7. The van der Waals surface area contributed by atoms with Crippen LogP contribution in [0.1, 0.15) is 18.4 Å². The zero-order chi connectivity index (χ0) is 13.6. The molecule has 19 heavy (non-hydrogen) atoms. The fourth-order valence-electron chi connectivity index (χ4n) is 1.40. The molecule has 0 saturated heterocycles. The number of hydrogen-bond acceptors (Lipinski definition) is 2.